The van der Waals surface area contributed by atoms with Gasteiger partial charge in [0.05, 0.1) is 30.1 Å². The highest BCUT2D eigenvalue weighted by Gasteiger charge is 2.43. The Hall–Kier alpha value is -2.14. The lowest BCUT2D eigenvalue weighted by atomic mass is 9.74. The lowest BCUT2D eigenvalue weighted by Gasteiger charge is -2.45. The molecule has 0 aromatic heterocycles. The molecule has 2 aromatic rings. The summed E-state index contributed by atoms with van der Waals surface area (Å²) in [7, 11) is -1.63. The number of nitrogens with one attached hydrogen (secondary N) is 3. The maximum atomic E-state index is 13.4. The number of sulfonamides is 1. The summed E-state index contributed by atoms with van der Waals surface area (Å²) in [6.07, 6.45) is -3.82. The van der Waals surface area contributed by atoms with Crippen LogP contribution in [0.3, 0.4) is 0 Å². The number of ether oxygens (including phenoxy) is 1. The third-order valence-corrected chi connectivity index (χ3v) is 7.95. The molecule has 2 aliphatic heterocycles. The third kappa shape index (κ3) is 5.73. The predicted molar refractivity (Wildman–Crippen MR) is 125 cm³/mol. The van der Waals surface area contributed by atoms with Gasteiger partial charge in [-0.25, -0.2) is 13.1 Å². The summed E-state index contributed by atoms with van der Waals surface area (Å²) < 4.78 is 73.6. The van der Waals surface area contributed by atoms with Gasteiger partial charge in [0, 0.05) is 23.7 Å². The first-order valence-corrected chi connectivity index (χ1v) is 13.1. The van der Waals surface area contributed by atoms with Crippen LogP contribution in [0.15, 0.2) is 48.5 Å². The molecule has 2 aliphatic rings. The van der Waals surface area contributed by atoms with Crippen molar-refractivity contribution < 1.29 is 26.3 Å². The van der Waals surface area contributed by atoms with Crippen molar-refractivity contribution in [2.24, 2.45) is 11.8 Å². The van der Waals surface area contributed by atoms with Crippen LogP contribution in [-0.2, 0) is 20.9 Å². The van der Waals surface area contributed by atoms with Gasteiger partial charge in [0.1, 0.15) is 0 Å². The molecule has 0 radical (unpaired) electrons. The van der Waals surface area contributed by atoms with Crippen LogP contribution in [0.1, 0.15) is 41.7 Å². The van der Waals surface area contributed by atoms with Crippen molar-refractivity contribution in [2.45, 2.75) is 31.2 Å². The zero-order valence-electron chi connectivity index (χ0n) is 18.9. The summed E-state index contributed by atoms with van der Waals surface area (Å²) in [5, 5.41) is 6.35. The van der Waals surface area contributed by atoms with Crippen LogP contribution in [0.4, 0.5) is 18.9 Å². The molecule has 3 N–H and O–H groups in total. The predicted octanol–water partition coefficient (Wildman–Crippen LogP) is 4.09. The van der Waals surface area contributed by atoms with Crippen molar-refractivity contribution >= 4 is 15.7 Å². The third-order valence-electron chi connectivity index (χ3n) is 6.52. The van der Waals surface area contributed by atoms with Crippen molar-refractivity contribution in [3.05, 3.63) is 65.2 Å². The molecular weight excluding hydrogens is 467 g/mol. The molecule has 0 aliphatic carbocycles. The Morgan fingerprint density at radius 1 is 1.15 bits per heavy atom. The van der Waals surface area contributed by atoms with E-state index in [-0.39, 0.29) is 36.8 Å². The molecule has 6 nitrogen and oxygen atoms in total. The smallest absolute Gasteiger partial charge is 0.378 e. The Balaban J connectivity index is 1.56. The average molecular weight is 498 g/mol. The molecule has 0 saturated carbocycles. The standard InChI is InChI=1S/C24H30F3N3O3S/c1-28-10-5-11-34(31,32)29-14-16-12-20-22(17-6-3-2-4-7-17)30-21-9-8-18(24(25,26)27)13-19(21)23(20)33-15-16/h2-4,6-9,13,16,20,22-23,28-30H,5,10-12,14-15H2,1H3. The van der Waals surface area contributed by atoms with Crippen molar-refractivity contribution in [2.75, 3.05) is 37.8 Å². The highest BCUT2D eigenvalue weighted by Crippen LogP contribution is 2.51. The SMILES string of the molecule is CNCCCS(=O)(=O)NCC1COC2c3cc(C(F)(F)F)ccc3NC(c3ccccc3)C2C1. The zero-order valence-corrected chi connectivity index (χ0v) is 19.8. The van der Waals surface area contributed by atoms with E-state index < -0.39 is 27.9 Å². The quantitative estimate of drug-likeness (QED) is 0.479. The van der Waals surface area contributed by atoms with Gasteiger partial charge in [-0.15, -0.1) is 0 Å². The van der Waals surface area contributed by atoms with Crippen molar-refractivity contribution in [3.8, 4) is 0 Å². The maximum Gasteiger partial charge on any atom is 0.416 e. The second-order valence-corrected chi connectivity index (χ2v) is 10.9. The number of hydrogen-bond acceptors (Lipinski definition) is 5. The number of halogens is 3. The number of fused-ring (bicyclic) bond motifs is 3. The van der Waals surface area contributed by atoms with E-state index in [9.17, 15) is 21.6 Å². The number of benzene rings is 2. The summed E-state index contributed by atoms with van der Waals surface area (Å²) in [4.78, 5) is 0. The Bertz CT molecular complexity index is 1080. The van der Waals surface area contributed by atoms with Gasteiger partial charge in [-0.1, -0.05) is 30.3 Å². The summed E-state index contributed by atoms with van der Waals surface area (Å²) in [6.45, 7) is 1.13. The van der Waals surface area contributed by atoms with Crippen LogP contribution in [-0.4, -0.2) is 40.9 Å². The molecular formula is C24H30F3N3O3S. The minimum absolute atomic E-state index is 0.0370. The lowest BCUT2D eigenvalue weighted by molar-refractivity contribution is -0.137. The van der Waals surface area contributed by atoms with E-state index in [0.29, 0.717) is 30.6 Å². The Morgan fingerprint density at radius 3 is 2.62 bits per heavy atom. The van der Waals surface area contributed by atoms with Crippen molar-refractivity contribution in [1.82, 2.24) is 10.0 Å². The summed E-state index contributed by atoms with van der Waals surface area (Å²) in [6, 6.07) is 13.3. The molecule has 186 valence electrons. The molecule has 10 heteroatoms. The lowest BCUT2D eigenvalue weighted by Crippen LogP contribution is -2.42. The largest absolute Gasteiger partial charge is 0.416 e. The van der Waals surface area contributed by atoms with Crippen LogP contribution in [0, 0.1) is 11.8 Å². The van der Waals surface area contributed by atoms with Crippen LogP contribution in [0.25, 0.3) is 0 Å². The van der Waals surface area contributed by atoms with Crippen LogP contribution >= 0.6 is 0 Å². The Labute approximate surface area is 198 Å². The van der Waals surface area contributed by atoms with E-state index in [0.717, 1.165) is 11.6 Å². The molecule has 4 atom stereocenters. The van der Waals surface area contributed by atoms with Gasteiger partial charge in [0.2, 0.25) is 10.0 Å². The van der Waals surface area contributed by atoms with E-state index >= 15 is 0 Å². The Kier molecular flexibility index (Phi) is 7.51. The molecule has 1 fully saturated rings. The van der Waals surface area contributed by atoms with Gasteiger partial charge in [-0.2, -0.15) is 13.2 Å². The summed E-state index contributed by atoms with van der Waals surface area (Å²) in [5.41, 5.74) is 1.44. The van der Waals surface area contributed by atoms with Crippen LogP contribution < -0.4 is 15.4 Å². The van der Waals surface area contributed by atoms with E-state index in [2.05, 4.69) is 15.4 Å². The average Bonchev–Trinajstić information content (AvgIpc) is 2.82. The normalized spacial score (nSPS) is 24.7. The van der Waals surface area contributed by atoms with Gasteiger partial charge in [0.25, 0.3) is 0 Å². The molecule has 1 saturated heterocycles. The second-order valence-electron chi connectivity index (χ2n) is 8.98. The fraction of sp³-hybridized carbons (Fsp3) is 0.500. The first-order valence-electron chi connectivity index (χ1n) is 11.4. The Morgan fingerprint density at radius 2 is 1.91 bits per heavy atom. The molecule has 0 bridgehead atoms. The topological polar surface area (TPSA) is 79.5 Å². The van der Waals surface area contributed by atoms with Gasteiger partial charge < -0.3 is 15.4 Å². The van der Waals surface area contributed by atoms with Gasteiger partial charge in [-0.3, -0.25) is 0 Å². The minimum atomic E-state index is -4.44. The van der Waals surface area contributed by atoms with Crippen molar-refractivity contribution in [1.29, 1.82) is 0 Å². The number of alkyl halides is 3. The molecule has 34 heavy (non-hydrogen) atoms. The fourth-order valence-corrected chi connectivity index (χ4v) is 6.00. The maximum absolute atomic E-state index is 13.4. The van der Waals surface area contributed by atoms with E-state index in [1.54, 1.807) is 7.05 Å². The van der Waals surface area contributed by atoms with E-state index in [1.807, 2.05) is 30.3 Å². The van der Waals surface area contributed by atoms with Crippen molar-refractivity contribution in [3.63, 3.8) is 0 Å². The van der Waals surface area contributed by atoms with E-state index in [1.165, 1.54) is 12.1 Å². The molecule has 4 rings (SSSR count). The number of rotatable bonds is 8. The zero-order chi connectivity index (χ0) is 24.3. The monoisotopic (exact) mass is 497 g/mol. The van der Waals surface area contributed by atoms with Gasteiger partial charge in [0.15, 0.2) is 0 Å². The summed E-state index contributed by atoms with van der Waals surface area (Å²) in [5.74, 6) is -0.193. The van der Waals surface area contributed by atoms with Gasteiger partial charge >= 0.3 is 6.18 Å². The first-order chi connectivity index (χ1) is 16.2. The molecule has 4 unspecified atom stereocenters. The van der Waals surface area contributed by atoms with Crippen LogP contribution in [0.5, 0.6) is 0 Å². The van der Waals surface area contributed by atoms with E-state index in [4.69, 9.17) is 4.74 Å². The molecule has 2 heterocycles. The highest BCUT2D eigenvalue weighted by atomic mass is 32.2. The fourth-order valence-electron chi connectivity index (χ4n) is 4.84. The molecule has 0 amide bonds. The second kappa shape index (κ2) is 10.2. The molecule has 0 spiro atoms. The van der Waals surface area contributed by atoms with Gasteiger partial charge in [-0.05, 0) is 56.1 Å². The first kappa shape index (κ1) is 25.0. The van der Waals surface area contributed by atoms with Crippen LogP contribution in [0.2, 0.25) is 0 Å². The highest BCUT2D eigenvalue weighted by molar-refractivity contribution is 7.89. The minimum Gasteiger partial charge on any atom is -0.378 e. The summed E-state index contributed by atoms with van der Waals surface area (Å²) >= 11 is 0. The molecule has 2 aromatic carbocycles. The number of hydrogen-bond donors (Lipinski definition) is 3. The number of anilines is 1.